The summed E-state index contributed by atoms with van der Waals surface area (Å²) in [4.78, 5) is 24.5. The number of hydrogen-bond acceptors (Lipinski definition) is 6. The summed E-state index contributed by atoms with van der Waals surface area (Å²) in [6.45, 7) is 11.9. The lowest BCUT2D eigenvalue weighted by Gasteiger charge is -2.34. The maximum Gasteiger partial charge on any atom is 0.243 e. The van der Waals surface area contributed by atoms with E-state index < -0.39 is 11.6 Å². The van der Waals surface area contributed by atoms with Gasteiger partial charge < -0.3 is 20.1 Å². The third-order valence-corrected chi connectivity index (χ3v) is 6.05. The normalized spacial score (nSPS) is 17.4. The molecule has 7 nitrogen and oxygen atoms in total. The lowest BCUT2D eigenvalue weighted by Crippen LogP contribution is -2.55. The summed E-state index contributed by atoms with van der Waals surface area (Å²) in [5.41, 5.74) is 0.538. The van der Waals surface area contributed by atoms with E-state index >= 15 is 0 Å². The Bertz CT molecular complexity index is 965. The lowest BCUT2D eigenvalue weighted by atomic mass is 9.88. The Balaban J connectivity index is 1.82. The van der Waals surface area contributed by atoms with Crippen molar-refractivity contribution in [1.82, 2.24) is 15.3 Å². The van der Waals surface area contributed by atoms with Crippen molar-refractivity contribution >= 4 is 22.8 Å². The van der Waals surface area contributed by atoms with Crippen molar-refractivity contribution < 1.29 is 14.6 Å². The van der Waals surface area contributed by atoms with Gasteiger partial charge in [-0.05, 0) is 57.7 Å². The van der Waals surface area contributed by atoms with E-state index in [1.807, 2.05) is 36.9 Å². The number of carbonyl (C=O) groups is 1. The molecule has 2 heterocycles. The van der Waals surface area contributed by atoms with Crippen LogP contribution in [0.5, 0.6) is 5.75 Å². The van der Waals surface area contributed by atoms with Crippen LogP contribution in [-0.4, -0.2) is 52.3 Å². The highest BCUT2D eigenvalue weighted by atomic mass is 16.5. The number of amides is 1. The molecule has 2 aromatic rings. The van der Waals surface area contributed by atoms with Crippen LogP contribution in [0.2, 0.25) is 0 Å². The number of fused-ring (bicyclic) bond motifs is 1. The van der Waals surface area contributed by atoms with Gasteiger partial charge in [-0.2, -0.15) is 0 Å². The summed E-state index contributed by atoms with van der Waals surface area (Å²) in [5.74, 6) is 1.17. The van der Waals surface area contributed by atoms with Crippen molar-refractivity contribution in [3.8, 4) is 5.75 Å². The van der Waals surface area contributed by atoms with Crippen LogP contribution < -0.4 is 15.0 Å². The van der Waals surface area contributed by atoms with Crippen LogP contribution in [-0.2, 0) is 4.79 Å². The fraction of sp³-hybridized carbons (Fsp3) is 0.458. The Morgan fingerprint density at radius 2 is 2.10 bits per heavy atom. The Morgan fingerprint density at radius 1 is 1.39 bits per heavy atom. The molecule has 1 aliphatic rings. The molecule has 0 bridgehead atoms. The van der Waals surface area contributed by atoms with E-state index in [9.17, 15) is 9.90 Å². The topological polar surface area (TPSA) is 87.6 Å². The maximum atomic E-state index is 13.1. The van der Waals surface area contributed by atoms with Crippen molar-refractivity contribution in [2.24, 2.45) is 0 Å². The van der Waals surface area contributed by atoms with Crippen LogP contribution in [0.3, 0.4) is 0 Å². The van der Waals surface area contributed by atoms with Gasteiger partial charge in [-0.25, -0.2) is 9.97 Å². The van der Waals surface area contributed by atoms with Gasteiger partial charge in [0.15, 0.2) is 0 Å². The summed E-state index contributed by atoms with van der Waals surface area (Å²) in [7, 11) is 1.63. The Kier molecular flexibility index (Phi) is 6.95. The van der Waals surface area contributed by atoms with Crippen molar-refractivity contribution in [2.75, 3.05) is 18.6 Å². The first kappa shape index (κ1) is 22.7. The van der Waals surface area contributed by atoms with Crippen LogP contribution in [0.1, 0.15) is 38.3 Å². The second-order valence-corrected chi connectivity index (χ2v) is 8.16. The highest BCUT2D eigenvalue weighted by molar-refractivity contribution is 5.87. The van der Waals surface area contributed by atoms with Gasteiger partial charge in [0.1, 0.15) is 11.8 Å². The van der Waals surface area contributed by atoms with Gasteiger partial charge in [-0.1, -0.05) is 12.2 Å². The predicted molar refractivity (Wildman–Crippen MR) is 123 cm³/mol. The molecule has 2 unspecified atom stereocenters. The molecule has 0 radical (unpaired) electrons. The van der Waals surface area contributed by atoms with Crippen molar-refractivity contribution in [3.05, 3.63) is 49.2 Å². The van der Waals surface area contributed by atoms with Crippen LogP contribution >= 0.6 is 0 Å². The van der Waals surface area contributed by atoms with Gasteiger partial charge in [-0.3, -0.25) is 4.79 Å². The minimum atomic E-state index is -1.11. The Morgan fingerprint density at radius 3 is 2.74 bits per heavy atom. The number of aromatic nitrogens is 2. The van der Waals surface area contributed by atoms with Gasteiger partial charge in [-0.15, -0.1) is 13.2 Å². The van der Waals surface area contributed by atoms with Crippen molar-refractivity contribution in [1.29, 1.82) is 0 Å². The number of ether oxygens (including phenoxy) is 1. The SMILES string of the molecule is C=CCC(O)(CC=C)C(C)NC(=O)C1CCCN1c1nc(C)c2cc(OC)ccc2n1. The largest absolute Gasteiger partial charge is 0.497 e. The monoisotopic (exact) mass is 424 g/mol. The molecule has 166 valence electrons. The van der Waals surface area contributed by atoms with Gasteiger partial charge in [0.25, 0.3) is 0 Å². The van der Waals surface area contributed by atoms with Crippen LogP contribution in [0.25, 0.3) is 10.9 Å². The summed E-state index contributed by atoms with van der Waals surface area (Å²) in [5, 5.41) is 14.9. The first-order valence-electron chi connectivity index (χ1n) is 10.7. The highest BCUT2D eigenvalue weighted by Crippen LogP contribution is 2.28. The number of nitrogens with one attached hydrogen (secondary N) is 1. The zero-order valence-corrected chi connectivity index (χ0v) is 18.6. The third-order valence-electron chi connectivity index (χ3n) is 6.05. The summed E-state index contributed by atoms with van der Waals surface area (Å²) >= 11 is 0. The molecule has 0 saturated carbocycles. The van der Waals surface area contributed by atoms with E-state index in [-0.39, 0.29) is 11.9 Å². The number of methoxy groups -OCH3 is 1. The van der Waals surface area contributed by atoms with E-state index in [1.54, 1.807) is 19.3 Å². The molecule has 3 rings (SSSR count). The molecule has 7 heteroatoms. The molecule has 0 aliphatic carbocycles. The maximum absolute atomic E-state index is 13.1. The van der Waals surface area contributed by atoms with Gasteiger partial charge in [0.05, 0.1) is 30.0 Å². The molecule has 0 spiro atoms. The molecule has 1 amide bonds. The number of nitrogens with zero attached hydrogens (tertiary/aromatic N) is 3. The van der Waals surface area contributed by atoms with Gasteiger partial charge in [0.2, 0.25) is 11.9 Å². The number of carbonyl (C=O) groups excluding carboxylic acids is 1. The lowest BCUT2D eigenvalue weighted by molar-refractivity contribution is -0.125. The smallest absolute Gasteiger partial charge is 0.243 e. The fourth-order valence-electron chi connectivity index (χ4n) is 4.16. The molecule has 1 saturated heterocycles. The standard InChI is InChI=1S/C24H32N4O3/c1-6-12-24(30,13-7-2)17(4)26-22(29)21-9-8-14-28(21)23-25-16(3)19-15-18(31-5)10-11-20(19)27-23/h6-7,10-11,15,17,21,30H,1-2,8-9,12-14H2,3-5H3,(H,26,29). The molecule has 2 N–H and O–H groups in total. The van der Waals surface area contributed by atoms with Crippen molar-refractivity contribution in [3.63, 3.8) is 0 Å². The summed E-state index contributed by atoms with van der Waals surface area (Å²) in [6.07, 6.45) is 5.64. The number of hydrogen-bond donors (Lipinski definition) is 2. The minimum Gasteiger partial charge on any atom is -0.497 e. The number of aryl methyl sites for hydroxylation is 1. The van der Waals surface area contributed by atoms with E-state index in [1.165, 1.54) is 0 Å². The fourth-order valence-corrected chi connectivity index (χ4v) is 4.16. The second kappa shape index (κ2) is 9.47. The van der Waals surface area contributed by atoms with E-state index in [2.05, 4.69) is 23.5 Å². The molecule has 31 heavy (non-hydrogen) atoms. The quantitative estimate of drug-likeness (QED) is 0.601. The molecule has 1 fully saturated rings. The minimum absolute atomic E-state index is 0.132. The number of aliphatic hydroxyl groups is 1. The molecule has 2 atom stereocenters. The first-order valence-corrected chi connectivity index (χ1v) is 10.7. The van der Waals surface area contributed by atoms with Gasteiger partial charge in [0, 0.05) is 11.9 Å². The average molecular weight is 425 g/mol. The average Bonchev–Trinajstić information content (AvgIpc) is 3.24. The van der Waals surface area contributed by atoms with Crippen LogP contribution in [0.15, 0.2) is 43.5 Å². The number of anilines is 1. The highest BCUT2D eigenvalue weighted by Gasteiger charge is 2.37. The molecule has 1 aromatic carbocycles. The van der Waals surface area contributed by atoms with Crippen LogP contribution in [0, 0.1) is 6.92 Å². The van der Waals surface area contributed by atoms with Crippen molar-refractivity contribution in [2.45, 2.75) is 57.2 Å². The summed E-state index contributed by atoms with van der Waals surface area (Å²) in [6, 6.07) is 4.86. The molecular formula is C24H32N4O3. The molecular weight excluding hydrogens is 392 g/mol. The molecule has 1 aliphatic heterocycles. The summed E-state index contributed by atoms with van der Waals surface area (Å²) < 4.78 is 5.30. The number of rotatable bonds is 9. The first-order chi connectivity index (χ1) is 14.8. The zero-order valence-electron chi connectivity index (χ0n) is 18.6. The van der Waals surface area contributed by atoms with Crippen LogP contribution in [0.4, 0.5) is 5.95 Å². The number of benzene rings is 1. The third kappa shape index (κ3) is 4.71. The Labute approximate surface area is 183 Å². The zero-order chi connectivity index (χ0) is 22.6. The second-order valence-electron chi connectivity index (χ2n) is 8.16. The van der Waals surface area contributed by atoms with Gasteiger partial charge >= 0.3 is 0 Å². The predicted octanol–water partition coefficient (Wildman–Crippen LogP) is 3.30. The Hall–Kier alpha value is -2.93. The molecule has 1 aromatic heterocycles. The van der Waals surface area contributed by atoms with E-state index in [0.717, 1.165) is 28.8 Å². The van der Waals surface area contributed by atoms with E-state index in [0.29, 0.717) is 31.8 Å². The van der Waals surface area contributed by atoms with E-state index in [4.69, 9.17) is 9.72 Å².